The zero-order chi connectivity index (χ0) is 30.5. The molecule has 44 heavy (non-hydrogen) atoms. The van der Waals surface area contributed by atoms with Gasteiger partial charge < -0.3 is 0 Å². The minimum absolute atomic E-state index is 0.629. The molecular weight excluding hydrogens is 540 g/mol. The van der Waals surface area contributed by atoms with Crippen LogP contribution in [0, 0.1) is 0 Å². The van der Waals surface area contributed by atoms with Gasteiger partial charge in [-0.15, -0.1) is 0 Å². The van der Waals surface area contributed by atoms with Crippen molar-refractivity contribution in [2.75, 3.05) is 52.4 Å². The van der Waals surface area contributed by atoms with Crippen molar-refractivity contribution in [3.8, 4) is 33.5 Å². The van der Waals surface area contributed by atoms with Crippen LogP contribution in [-0.4, -0.2) is 94.0 Å². The van der Waals surface area contributed by atoms with Crippen molar-refractivity contribution >= 4 is 0 Å². The monoisotopic (exact) mass is 588 g/mol. The Morgan fingerprint density at radius 2 is 1.14 bits per heavy atom. The molecule has 2 aliphatic heterocycles. The average Bonchev–Trinajstić information content (AvgIpc) is 3.06. The van der Waals surface area contributed by atoms with Gasteiger partial charge in [0, 0.05) is 107 Å². The van der Waals surface area contributed by atoms with E-state index in [-0.39, 0.29) is 0 Å². The van der Waals surface area contributed by atoms with Gasteiger partial charge in [-0.25, -0.2) is 0 Å². The Morgan fingerprint density at radius 1 is 0.545 bits per heavy atom. The summed E-state index contributed by atoms with van der Waals surface area (Å²) in [4.78, 5) is 19.6. The van der Waals surface area contributed by atoms with E-state index < -0.39 is 0 Å². The van der Waals surface area contributed by atoms with Gasteiger partial charge in [-0.3, -0.25) is 29.6 Å². The predicted octanol–water partition coefficient (Wildman–Crippen LogP) is 6.53. The van der Waals surface area contributed by atoms with Gasteiger partial charge >= 0.3 is 0 Å². The maximum atomic E-state index is 4.74. The minimum atomic E-state index is 0.629. The smallest absolute Gasteiger partial charge is 0.0723 e. The summed E-state index contributed by atoms with van der Waals surface area (Å²) in [6, 6.07) is 25.8. The lowest BCUT2D eigenvalue weighted by Crippen LogP contribution is -2.48. The number of rotatable bonds is 9. The highest BCUT2D eigenvalue weighted by molar-refractivity contribution is 5.74. The lowest BCUT2D eigenvalue weighted by Gasteiger charge is -2.37. The van der Waals surface area contributed by atoms with Crippen molar-refractivity contribution in [1.82, 2.24) is 29.6 Å². The first kappa shape index (κ1) is 30.6. The third kappa shape index (κ3) is 7.62. The second kappa shape index (κ2) is 14.1. The normalized spacial score (nSPS) is 17.5. The Kier molecular flexibility index (Phi) is 9.82. The van der Waals surface area contributed by atoms with Gasteiger partial charge in [-0.1, -0.05) is 42.5 Å². The van der Waals surface area contributed by atoms with Crippen LogP contribution in [0.25, 0.3) is 33.5 Å². The molecule has 230 valence electrons. The van der Waals surface area contributed by atoms with Crippen LogP contribution in [0.5, 0.6) is 0 Å². The number of hydrogen-bond donors (Lipinski definition) is 0. The fraction of sp³-hybridized carbons (Fsp3) is 0.421. The average molecular weight is 589 g/mol. The summed E-state index contributed by atoms with van der Waals surface area (Å²) < 4.78 is 0. The van der Waals surface area contributed by atoms with Gasteiger partial charge in [0.05, 0.1) is 5.69 Å². The maximum Gasteiger partial charge on any atom is 0.0723 e. The SMILES string of the molecule is CC(C)N1CCN(Cc2ccc(-c3cncc(-c4cc(-c5cccc(CN6CCN(C(C)C)CC6)c5)ccn4)c3)cc2)CC1. The molecule has 2 saturated heterocycles. The van der Waals surface area contributed by atoms with E-state index in [1.54, 1.807) is 0 Å². The molecule has 0 saturated carbocycles. The first-order valence-electron chi connectivity index (χ1n) is 16.4. The minimum Gasteiger partial charge on any atom is -0.298 e. The Bertz CT molecular complexity index is 1500. The molecule has 0 unspecified atom stereocenters. The molecule has 0 spiro atoms. The summed E-state index contributed by atoms with van der Waals surface area (Å²) in [5, 5.41) is 0. The first-order chi connectivity index (χ1) is 21.4. The van der Waals surface area contributed by atoms with Crippen LogP contribution in [0.4, 0.5) is 0 Å². The maximum absolute atomic E-state index is 4.74. The summed E-state index contributed by atoms with van der Waals surface area (Å²) in [5.74, 6) is 0. The summed E-state index contributed by atoms with van der Waals surface area (Å²) in [6.45, 7) is 20.3. The van der Waals surface area contributed by atoms with Crippen molar-refractivity contribution in [3.63, 3.8) is 0 Å². The number of nitrogens with zero attached hydrogens (tertiary/aromatic N) is 6. The standard InChI is InChI=1S/C38H48N6/c1-29(2)43-18-14-41(15-19-43)27-31-8-10-33(11-9-31)36-23-37(26-39-25-36)38-24-35(12-13-40-38)34-7-5-6-32(22-34)28-42-16-20-44(21-17-42)30(3)4/h5-13,22-26,29-30H,14-21,27-28H2,1-4H3. The summed E-state index contributed by atoms with van der Waals surface area (Å²) in [7, 11) is 0. The van der Waals surface area contributed by atoms with Crippen LogP contribution in [-0.2, 0) is 13.1 Å². The molecule has 6 nitrogen and oxygen atoms in total. The van der Waals surface area contributed by atoms with E-state index in [9.17, 15) is 0 Å². The van der Waals surface area contributed by atoms with Gasteiger partial charge in [0.15, 0.2) is 0 Å². The fourth-order valence-corrected chi connectivity index (χ4v) is 6.55. The molecule has 0 atom stereocenters. The largest absolute Gasteiger partial charge is 0.298 e. The van der Waals surface area contributed by atoms with Gasteiger partial charge in [0.25, 0.3) is 0 Å². The highest BCUT2D eigenvalue weighted by Crippen LogP contribution is 2.28. The molecule has 0 amide bonds. The highest BCUT2D eigenvalue weighted by Gasteiger charge is 2.20. The van der Waals surface area contributed by atoms with Gasteiger partial charge in [-0.2, -0.15) is 0 Å². The Morgan fingerprint density at radius 3 is 1.77 bits per heavy atom. The second-order valence-electron chi connectivity index (χ2n) is 13.1. The second-order valence-corrected chi connectivity index (χ2v) is 13.1. The summed E-state index contributed by atoms with van der Waals surface area (Å²) in [5.41, 5.74) is 9.44. The molecule has 2 aromatic carbocycles. The Hall–Kier alpha value is -3.42. The van der Waals surface area contributed by atoms with Crippen molar-refractivity contribution in [3.05, 3.63) is 96.4 Å². The van der Waals surface area contributed by atoms with Gasteiger partial charge in [-0.05, 0) is 79.8 Å². The van der Waals surface area contributed by atoms with Crippen molar-refractivity contribution in [1.29, 1.82) is 0 Å². The number of benzene rings is 2. The topological polar surface area (TPSA) is 38.7 Å². The van der Waals surface area contributed by atoms with Crippen molar-refractivity contribution in [2.45, 2.75) is 52.9 Å². The number of pyridine rings is 2. The summed E-state index contributed by atoms with van der Waals surface area (Å²) >= 11 is 0. The first-order valence-corrected chi connectivity index (χ1v) is 16.4. The van der Waals surface area contributed by atoms with E-state index in [1.165, 1.54) is 27.8 Å². The Labute approximate surface area is 264 Å². The molecule has 0 N–H and O–H groups in total. The van der Waals surface area contributed by atoms with Crippen LogP contribution >= 0.6 is 0 Å². The zero-order valence-electron chi connectivity index (χ0n) is 27.0. The molecule has 2 aromatic heterocycles. The number of aromatic nitrogens is 2. The molecule has 2 fully saturated rings. The van der Waals surface area contributed by atoms with Crippen LogP contribution in [0.1, 0.15) is 38.8 Å². The highest BCUT2D eigenvalue weighted by atomic mass is 15.3. The third-order valence-corrected chi connectivity index (χ3v) is 9.43. The van der Waals surface area contributed by atoms with Crippen LogP contribution in [0.2, 0.25) is 0 Å². The van der Waals surface area contributed by atoms with E-state index >= 15 is 0 Å². The van der Waals surface area contributed by atoms with E-state index in [0.29, 0.717) is 12.1 Å². The molecule has 6 heteroatoms. The van der Waals surface area contributed by atoms with E-state index in [1.807, 2.05) is 18.6 Å². The van der Waals surface area contributed by atoms with Crippen molar-refractivity contribution < 1.29 is 0 Å². The third-order valence-electron chi connectivity index (χ3n) is 9.43. The van der Waals surface area contributed by atoms with Crippen LogP contribution < -0.4 is 0 Å². The molecule has 0 bridgehead atoms. The quantitative estimate of drug-likeness (QED) is 0.221. The van der Waals surface area contributed by atoms with Crippen LogP contribution in [0.15, 0.2) is 85.3 Å². The van der Waals surface area contributed by atoms with E-state index in [2.05, 4.69) is 119 Å². The van der Waals surface area contributed by atoms with E-state index in [0.717, 1.165) is 82.3 Å². The predicted molar refractivity (Wildman–Crippen MR) is 182 cm³/mol. The number of hydrogen-bond acceptors (Lipinski definition) is 6. The molecular formula is C38H48N6. The van der Waals surface area contributed by atoms with E-state index in [4.69, 9.17) is 4.98 Å². The van der Waals surface area contributed by atoms with Gasteiger partial charge in [0.1, 0.15) is 0 Å². The molecule has 6 rings (SSSR count). The number of piperazine rings is 2. The Balaban J connectivity index is 1.11. The zero-order valence-corrected chi connectivity index (χ0v) is 27.0. The fourth-order valence-electron chi connectivity index (χ4n) is 6.55. The molecule has 4 aromatic rings. The van der Waals surface area contributed by atoms with Crippen LogP contribution in [0.3, 0.4) is 0 Å². The molecule has 4 heterocycles. The van der Waals surface area contributed by atoms with Crippen molar-refractivity contribution in [2.24, 2.45) is 0 Å². The summed E-state index contributed by atoms with van der Waals surface area (Å²) in [6.07, 6.45) is 5.80. The molecule has 0 radical (unpaired) electrons. The van der Waals surface area contributed by atoms with Gasteiger partial charge in [0.2, 0.25) is 0 Å². The lowest BCUT2D eigenvalue weighted by atomic mass is 10.00. The molecule has 0 aliphatic carbocycles. The molecule has 2 aliphatic rings. The lowest BCUT2D eigenvalue weighted by molar-refractivity contribution is 0.104.